The molecule has 4 N–H and O–H groups in total. The van der Waals surface area contributed by atoms with E-state index in [1.807, 2.05) is 0 Å². The number of benzene rings is 2. The molecule has 0 saturated carbocycles. The molecule has 0 aliphatic rings. The van der Waals surface area contributed by atoms with E-state index >= 15 is 0 Å². The van der Waals surface area contributed by atoms with Gasteiger partial charge < -0.3 is 20.0 Å². The Labute approximate surface area is 127 Å². The van der Waals surface area contributed by atoms with Gasteiger partial charge >= 0.3 is 7.82 Å². The molecule has 0 aliphatic carbocycles. The van der Waals surface area contributed by atoms with Gasteiger partial charge in [-0.3, -0.25) is 4.52 Å². The van der Waals surface area contributed by atoms with Crippen LogP contribution in [0.2, 0.25) is 0 Å². The molecular formula is C15H17O6P. The number of hydrogen-bond donors (Lipinski definition) is 4. The summed E-state index contributed by atoms with van der Waals surface area (Å²) in [4.78, 5) is 17.9. The molecule has 7 heteroatoms. The van der Waals surface area contributed by atoms with Gasteiger partial charge in [-0.15, -0.1) is 0 Å². The minimum atomic E-state index is -4.62. The third kappa shape index (κ3) is 3.87. The van der Waals surface area contributed by atoms with Crippen molar-refractivity contribution in [1.82, 2.24) is 0 Å². The summed E-state index contributed by atoms with van der Waals surface area (Å²) in [6.07, 6.45) is 0. The van der Waals surface area contributed by atoms with Crippen LogP contribution in [0, 0.1) is 0 Å². The number of phosphoric acid groups is 1. The maximum absolute atomic E-state index is 11.0. The van der Waals surface area contributed by atoms with Crippen molar-refractivity contribution in [2.24, 2.45) is 0 Å². The summed E-state index contributed by atoms with van der Waals surface area (Å²) in [6, 6.07) is 12.6. The summed E-state index contributed by atoms with van der Waals surface area (Å²) in [6.45, 7) is 1.51. The molecule has 0 atom stereocenters. The smallest absolute Gasteiger partial charge is 0.469 e. The normalized spacial score (nSPS) is 12.3. The predicted molar refractivity (Wildman–Crippen MR) is 80.7 cm³/mol. The highest BCUT2D eigenvalue weighted by molar-refractivity contribution is 7.46. The Morgan fingerprint density at radius 3 is 1.59 bits per heavy atom. The molecule has 0 aliphatic heterocycles. The quantitative estimate of drug-likeness (QED) is 0.630. The van der Waals surface area contributed by atoms with Gasteiger partial charge in [-0.25, -0.2) is 4.57 Å². The minimum absolute atomic E-state index is 0.0905. The Hall–Kier alpha value is -1.85. The summed E-state index contributed by atoms with van der Waals surface area (Å²) >= 11 is 0. The first-order chi connectivity index (χ1) is 10.2. The van der Waals surface area contributed by atoms with Crippen LogP contribution in [-0.2, 0) is 14.5 Å². The lowest BCUT2D eigenvalue weighted by Gasteiger charge is -2.30. The maximum atomic E-state index is 11.0. The van der Waals surface area contributed by atoms with Gasteiger partial charge in [0.05, 0.1) is 6.61 Å². The molecule has 0 saturated heterocycles. The molecule has 118 valence electrons. The van der Waals surface area contributed by atoms with E-state index in [1.54, 1.807) is 31.2 Å². The number of rotatable bonds is 5. The van der Waals surface area contributed by atoms with Crippen molar-refractivity contribution in [3.8, 4) is 11.5 Å². The predicted octanol–water partition coefficient (Wildman–Crippen LogP) is 2.51. The molecule has 0 unspecified atom stereocenters. The second-order valence-corrected chi connectivity index (χ2v) is 6.43. The number of phenols is 2. The van der Waals surface area contributed by atoms with Gasteiger partial charge in [-0.1, -0.05) is 24.3 Å². The number of hydrogen-bond acceptors (Lipinski definition) is 4. The van der Waals surface area contributed by atoms with Crippen LogP contribution < -0.4 is 0 Å². The molecule has 6 nitrogen and oxygen atoms in total. The van der Waals surface area contributed by atoms with Gasteiger partial charge in [0.2, 0.25) is 0 Å². The summed E-state index contributed by atoms with van der Waals surface area (Å²) in [5.74, 6) is 0.181. The molecule has 0 radical (unpaired) electrons. The van der Waals surface area contributed by atoms with Gasteiger partial charge in [0, 0.05) is 5.41 Å². The number of aromatic hydroxyl groups is 2. The Balaban J connectivity index is 2.45. The van der Waals surface area contributed by atoms with Crippen LogP contribution in [0.25, 0.3) is 0 Å². The monoisotopic (exact) mass is 324 g/mol. The molecule has 2 rings (SSSR count). The summed E-state index contributed by atoms with van der Waals surface area (Å²) < 4.78 is 15.7. The third-order valence-electron chi connectivity index (χ3n) is 3.53. The molecule has 0 heterocycles. The maximum Gasteiger partial charge on any atom is 0.469 e. The van der Waals surface area contributed by atoms with E-state index in [4.69, 9.17) is 14.3 Å². The molecule has 0 fully saturated rings. The average molecular weight is 324 g/mol. The molecule has 0 amide bonds. The lowest BCUT2D eigenvalue weighted by atomic mass is 9.77. The van der Waals surface area contributed by atoms with Crippen molar-refractivity contribution in [2.75, 3.05) is 6.61 Å². The van der Waals surface area contributed by atoms with E-state index < -0.39 is 13.2 Å². The topological polar surface area (TPSA) is 107 Å². The molecular weight excluding hydrogens is 307 g/mol. The Bertz CT molecular complexity index is 629. The van der Waals surface area contributed by atoms with Crippen molar-refractivity contribution in [3.05, 3.63) is 59.7 Å². The lowest BCUT2D eigenvalue weighted by Crippen LogP contribution is -2.29. The Kier molecular flexibility index (Phi) is 4.58. The van der Waals surface area contributed by atoms with Crippen LogP contribution in [0.15, 0.2) is 48.5 Å². The molecule has 0 bridgehead atoms. The molecule has 22 heavy (non-hydrogen) atoms. The lowest BCUT2D eigenvalue weighted by molar-refractivity contribution is 0.169. The molecule has 0 spiro atoms. The van der Waals surface area contributed by atoms with E-state index in [-0.39, 0.29) is 18.1 Å². The average Bonchev–Trinajstić information content (AvgIpc) is 2.45. The summed E-state index contributed by atoms with van der Waals surface area (Å²) in [5.41, 5.74) is 0.566. The van der Waals surface area contributed by atoms with Gasteiger partial charge in [-0.2, -0.15) is 0 Å². The number of phosphoric ester groups is 1. The molecule has 2 aromatic carbocycles. The highest BCUT2D eigenvalue weighted by Crippen LogP contribution is 2.41. The zero-order valence-electron chi connectivity index (χ0n) is 11.9. The fourth-order valence-electron chi connectivity index (χ4n) is 2.21. The van der Waals surface area contributed by atoms with Gasteiger partial charge in [-0.05, 0) is 42.3 Å². The van der Waals surface area contributed by atoms with E-state index in [0.717, 1.165) is 0 Å². The fraction of sp³-hybridized carbons (Fsp3) is 0.200. The van der Waals surface area contributed by atoms with E-state index in [9.17, 15) is 14.8 Å². The van der Waals surface area contributed by atoms with E-state index in [2.05, 4.69) is 0 Å². The van der Waals surface area contributed by atoms with Crippen LogP contribution in [0.3, 0.4) is 0 Å². The van der Waals surface area contributed by atoms with Gasteiger partial charge in [0.1, 0.15) is 11.5 Å². The zero-order chi connectivity index (χ0) is 16.4. The highest BCUT2D eigenvalue weighted by Gasteiger charge is 2.32. The van der Waals surface area contributed by atoms with E-state index in [0.29, 0.717) is 11.1 Å². The first kappa shape index (κ1) is 16.5. The highest BCUT2D eigenvalue weighted by atomic mass is 31.2. The van der Waals surface area contributed by atoms with Crippen LogP contribution in [0.5, 0.6) is 11.5 Å². The van der Waals surface area contributed by atoms with Crippen molar-refractivity contribution in [3.63, 3.8) is 0 Å². The van der Waals surface area contributed by atoms with Crippen LogP contribution >= 0.6 is 7.82 Å². The van der Waals surface area contributed by atoms with Crippen LogP contribution in [0.4, 0.5) is 0 Å². The minimum Gasteiger partial charge on any atom is -0.508 e. The van der Waals surface area contributed by atoms with Crippen LogP contribution in [0.1, 0.15) is 18.1 Å². The summed E-state index contributed by atoms with van der Waals surface area (Å²) in [5, 5.41) is 18.8. The van der Waals surface area contributed by atoms with Crippen molar-refractivity contribution >= 4 is 7.82 Å². The Morgan fingerprint density at radius 2 is 1.27 bits per heavy atom. The first-order valence-corrected chi connectivity index (χ1v) is 8.03. The zero-order valence-corrected chi connectivity index (χ0v) is 12.8. The SMILES string of the molecule is CC(COP(=O)(O)O)(c1ccc(O)cc1)c1ccc(O)cc1. The van der Waals surface area contributed by atoms with Crippen LogP contribution in [-0.4, -0.2) is 26.6 Å². The largest absolute Gasteiger partial charge is 0.508 e. The van der Waals surface area contributed by atoms with Crippen molar-refractivity contribution in [2.45, 2.75) is 12.3 Å². The second kappa shape index (κ2) is 6.10. The summed E-state index contributed by atoms with van der Waals surface area (Å²) in [7, 11) is -4.62. The number of phenolic OH excluding ortho intramolecular Hbond substituents is 2. The Morgan fingerprint density at radius 1 is 0.909 bits per heavy atom. The first-order valence-electron chi connectivity index (χ1n) is 6.50. The molecule has 0 aromatic heterocycles. The van der Waals surface area contributed by atoms with E-state index in [1.165, 1.54) is 24.3 Å². The van der Waals surface area contributed by atoms with Crippen molar-refractivity contribution in [1.29, 1.82) is 0 Å². The molecule has 2 aromatic rings. The van der Waals surface area contributed by atoms with Gasteiger partial charge in [0.15, 0.2) is 0 Å². The van der Waals surface area contributed by atoms with Crippen molar-refractivity contribution < 1.29 is 29.1 Å². The second-order valence-electron chi connectivity index (χ2n) is 5.19. The van der Waals surface area contributed by atoms with Gasteiger partial charge in [0.25, 0.3) is 0 Å². The third-order valence-corrected chi connectivity index (χ3v) is 4.00. The fourth-order valence-corrected chi connectivity index (χ4v) is 2.63. The standard InChI is InChI=1S/C15H17O6P/c1-15(10-21-22(18,19)20,11-2-6-13(16)7-3-11)12-4-8-14(17)9-5-12/h2-9,16-17H,10H2,1H3,(H2,18,19,20).